The summed E-state index contributed by atoms with van der Waals surface area (Å²) < 4.78 is 5.16. The molecule has 0 saturated heterocycles. The van der Waals surface area contributed by atoms with Gasteiger partial charge < -0.3 is 15.0 Å². The number of pyridine rings is 1. The molecule has 6 nitrogen and oxygen atoms in total. The molecule has 140 valence electrons. The Balaban J connectivity index is 1.52. The lowest BCUT2D eigenvalue weighted by molar-refractivity contribution is 0.0987. The van der Waals surface area contributed by atoms with Gasteiger partial charge in [0.2, 0.25) is 0 Å². The molecule has 4 rings (SSSR count). The summed E-state index contributed by atoms with van der Waals surface area (Å²) in [5.41, 5.74) is 3.68. The summed E-state index contributed by atoms with van der Waals surface area (Å²) in [6.07, 6.45) is 3.96. The monoisotopic (exact) mass is 373 g/mol. The van der Waals surface area contributed by atoms with Gasteiger partial charge in [-0.1, -0.05) is 6.07 Å². The largest absolute Gasteiger partial charge is 0.497 e. The molecule has 0 aliphatic carbocycles. The quantitative estimate of drug-likeness (QED) is 0.759. The molecular weight excluding hydrogens is 354 g/mol. The maximum atomic E-state index is 12.7. The van der Waals surface area contributed by atoms with Crippen LogP contribution in [0.5, 0.6) is 5.75 Å². The highest BCUT2D eigenvalue weighted by molar-refractivity contribution is 6.08. The molecule has 1 aromatic heterocycles. The second kappa shape index (κ2) is 7.52. The van der Waals surface area contributed by atoms with Crippen LogP contribution in [0.3, 0.4) is 0 Å². The molecule has 0 bridgehead atoms. The summed E-state index contributed by atoms with van der Waals surface area (Å²) in [6, 6.07) is 16.1. The van der Waals surface area contributed by atoms with Crippen molar-refractivity contribution in [1.82, 2.24) is 4.98 Å². The molecular formula is C22H19N3O3. The Hall–Kier alpha value is -3.67. The zero-order valence-corrected chi connectivity index (χ0v) is 15.4. The number of aromatic nitrogens is 1. The predicted octanol–water partition coefficient (Wildman–Crippen LogP) is 3.55. The third-order valence-electron chi connectivity index (χ3n) is 4.72. The minimum absolute atomic E-state index is 0.0694. The molecule has 1 aliphatic heterocycles. The van der Waals surface area contributed by atoms with Gasteiger partial charge in [-0.3, -0.25) is 14.6 Å². The highest BCUT2D eigenvalue weighted by atomic mass is 16.5. The number of hydrogen-bond acceptors (Lipinski definition) is 4. The standard InChI is InChI=1S/C22H19N3O3/c1-28-19-6-2-4-16(13-19)21(26)24-18-7-8-20-15(12-18)9-11-25(20)22(27)17-5-3-10-23-14-17/h2-8,10,12-14H,9,11H2,1H3,(H,24,26). The average Bonchev–Trinajstić information content (AvgIpc) is 3.17. The van der Waals surface area contributed by atoms with E-state index < -0.39 is 0 Å². The zero-order valence-electron chi connectivity index (χ0n) is 15.4. The van der Waals surface area contributed by atoms with Gasteiger partial charge in [-0.15, -0.1) is 0 Å². The number of carbonyl (C=O) groups excluding carboxylic acids is 2. The van der Waals surface area contributed by atoms with Gasteiger partial charge in [0.25, 0.3) is 11.8 Å². The van der Waals surface area contributed by atoms with Crippen LogP contribution in [0.25, 0.3) is 0 Å². The molecule has 0 fully saturated rings. The van der Waals surface area contributed by atoms with Crippen molar-refractivity contribution in [2.75, 3.05) is 23.9 Å². The fraction of sp³-hybridized carbons (Fsp3) is 0.136. The van der Waals surface area contributed by atoms with Gasteiger partial charge in [0.1, 0.15) is 5.75 Å². The van der Waals surface area contributed by atoms with Crippen LogP contribution in [-0.4, -0.2) is 30.5 Å². The highest BCUT2D eigenvalue weighted by Gasteiger charge is 2.26. The molecule has 1 aliphatic rings. The molecule has 3 aromatic rings. The number of carbonyl (C=O) groups is 2. The fourth-order valence-electron chi connectivity index (χ4n) is 3.30. The molecule has 2 amide bonds. The fourth-order valence-corrected chi connectivity index (χ4v) is 3.30. The van der Waals surface area contributed by atoms with Crippen LogP contribution in [-0.2, 0) is 6.42 Å². The third-order valence-corrected chi connectivity index (χ3v) is 4.72. The second-order valence-electron chi connectivity index (χ2n) is 6.48. The molecule has 6 heteroatoms. The van der Waals surface area contributed by atoms with Crippen molar-refractivity contribution >= 4 is 23.2 Å². The van der Waals surface area contributed by atoms with Crippen molar-refractivity contribution < 1.29 is 14.3 Å². The first-order valence-electron chi connectivity index (χ1n) is 8.96. The maximum absolute atomic E-state index is 12.7. The Morgan fingerprint density at radius 1 is 1.07 bits per heavy atom. The number of nitrogens with zero attached hydrogens (tertiary/aromatic N) is 2. The minimum atomic E-state index is -0.208. The van der Waals surface area contributed by atoms with E-state index in [1.807, 2.05) is 18.2 Å². The molecule has 0 atom stereocenters. The summed E-state index contributed by atoms with van der Waals surface area (Å²) in [5, 5.41) is 2.91. The van der Waals surface area contributed by atoms with E-state index >= 15 is 0 Å². The van der Waals surface area contributed by atoms with E-state index in [0.29, 0.717) is 29.1 Å². The van der Waals surface area contributed by atoms with E-state index in [0.717, 1.165) is 17.7 Å². The maximum Gasteiger partial charge on any atom is 0.259 e. The molecule has 1 N–H and O–H groups in total. The van der Waals surface area contributed by atoms with Gasteiger partial charge in [0.15, 0.2) is 0 Å². The molecule has 2 aromatic carbocycles. The van der Waals surface area contributed by atoms with E-state index in [1.165, 1.54) is 0 Å². The Bertz CT molecular complexity index is 1030. The lowest BCUT2D eigenvalue weighted by Gasteiger charge is -2.17. The number of nitrogens with one attached hydrogen (secondary N) is 1. The smallest absolute Gasteiger partial charge is 0.259 e. The van der Waals surface area contributed by atoms with Crippen molar-refractivity contribution in [3.63, 3.8) is 0 Å². The summed E-state index contributed by atoms with van der Waals surface area (Å²) in [4.78, 5) is 31.0. The van der Waals surface area contributed by atoms with Crippen molar-refractivity contribution in [3.05, 3.63) is 83.7 Å². The average molecular weight is 373 g/mol. The Morgan fingerprint density at radius 3 is 2.71 bits per heavy atom. The van der Waals surface area contributed by atoms with Crippen LogP contribution >= 0.6 is 0 Å². The predicted molar refractivity (Wildman–Crippen MR) is 107 cm³/mol. The van der Waals surface area contributed by atoms with Gasteiger partial charge >= 0.3 is 0 Å². The van der Waals surface area contributed by atoms with Crippen molar-refractivity contribution in [1.29, 1.82) is 0 Å². The van der Waals surface area contributed by atoms with E-state index in [9.17, 15) is 9.59 Å². The van der Waals surface area contributed by atoms with Crippen LogP contribution in [0.2, 0.25) is 0 Å². The normalized spacial score (nSPS) is 12.4. The van der Waals surface area contributed by atoms with Gasteiger partial charge in [0.05, 0.1) is 12.7 Å². The van der Waals surface area contributed by atoms with E-state index in [4.69, 9.17) is 4.74 Å². The molecule has 0 saturated carbocycles. The molecule has 0 unspecified atom stereocenters. The van der Waals surface area contributed by atoms with Crippen molar-refractivity contribution in [3.8, 4) is 5.75 Å². The van der Waals surface area contributed by atoms with Gasteiger partial charge in [-0.05, 0) is 60.5 Å². The number of anilines is 2. The first kappa shape index (κ1) is 17.7. The third kappa shape index (κ3) is 3.44. The van der Waals surface area contributed by atoms with Gasteiger partial charge in [0, 0.05) is 35.9 Å². The summed E-state index contributed by atoms with van der Waals surface area (Å²) in [7, 11) is 1.57. The highest BCUT2D eigenvalue weighted by Crippen LogP contribution is 2.31. The van der Waals surface area contributed by atoms with Crippen molar-refractivity contribution in [2.45, 2.75) is 6.42 Å². The lowest BCUT2D eigenvalue weighted by atomic mass is 10.1. The van der Waals surface area contributed by atoms with Crippen LogP contribution in [0.4, 0.5) is 11.4 Å². The van der Waals surface area contributed by atoms with E-state index in [-0.39, 0.29) is 11.8 Å². The summed E-state index contributed by atoms with van der Waals surface area (Å²) in [6.45, 7) is 0.607. The van der Waals surface area contributed by atoms with Crippen molar-refractivity contribution in [2.24, 2.45) is 0 Å². The van der Waals surface area contributed by atoms with Crippen LogP contribution in [0, 0.1) is 0 Å². The number of benzene rings is 2. The van der Waals surface area contributed by atoms with Gasteiger partial charge in [-0.25, -0.2) is 0 Å². The van der Waals surface area contributed by atoms with Crippen LogP contribution < -0.4 is 15.0 Å². The molecule has 0 radical (unpaired) electrons. The summed E-state index contributed by atoms with van der Waals surface area (Å²) >= 11 is 0. The van der Waals surface area contributed by atoms with Crippen LogP contribution in [0.15, 0.2) is 67.0 Å². The second-order valence-corrected chi connectivity index (χ2v) is 6.48. The number of fused-ring (bicyclic) bond motifs is 1. The van der Waals surface area contributed by atoms with E-state index in [2.05, 4.69) is 10.3 Å². The summed E-state index contributed by atoms with van der Waals surface area (Å²) in [5.74, 6) is 0.353. The SMILES string of the molecule is COc1cccc(C(=O)Nc2ccc3c(c2)CCN3C(=O)c2cccnc2)c1. The molecule has 28 heavy (non-hydrogen) atoms. The number of hydrogen-bond donors (Lipinski definition) is 1. The van der Waals surface area contributed by atoms with E-state index in [1.54, 1.807) is 60.8 Å². The molecule has 0 spiro atoms. The first-order valence-corrected chi connectivity index (χ1v) is 8.96. The zero-order chi connectivity index (χ0) is 19.5. The number of methoxy groups -OCH3 is 1. The Labute approximate surface area is 162 Å². The van der Waals surface area contributed by atoms with Gasteiger partial charge in [-0.2, -0.15) is 0 Å². The lowest BCUT2D eigenvalue weighted by Crippen LogP contribution is -2.28. The number of amides is 2. The Morgan fingerprint density at radius 2 is 1.93 bits per heavy atom. The topological polar surface area (TPSA) is 71.5 Å². The first-order chi connectivity index (χ1) is 13.7. The number of ether oxygens (including phenoxy) is 1. The molecule has 2 heterocycles. The Kier molecular flexibility index (Phi) is 4.76. The number of rotatable bonds is 4. The van der Waals surface area contributed by atoms with Crippen LogP contribution in [0.1, 0.15) is 26.3 Å². The minimum Gasteiger partial charge on any atom is -0.497 e.